The molecule has 5 rings (SSSR count). The Morgan fingerprint density at radius 2 is 1.75 bits per heavy atom. The highest BCUT2D eigenvalue weighted by Gasteiger charge is 2.19. The number of halogens is 4. The Morgan fingerprint density at radius 3 is 2.48 bits per heavy atom. The first-order chi connectivity index (χ1) is 19.2. The number of aromatic nitrogens is 2. The number of rotatable bonds is 6. The van der Waals surface area contributed by atoms with Gasteiger partial charge >= 0.3 is 5.97 Å². The zero-order valence-corrected chi connectivity index (χ0v) is 25.3. The molecule has 40 heavy (non-hydrogen) atoms. The van der Waals surface area contributed by atoms with Crippen LogP contribution in [0.1, 0.15) is 15.9 Å². The Bertz CT molecular complexity index is 1860. The first kappa shape index (κ1) is 28.0. The number of carbonyl (C=O) groups excluding carboxylic acids is 1. The number of para-hydroxylation sites is 1. The molecule has 11 heteroatoms. The molecule has 0 aliphatic carbocycles. The van der Waals surface area contributed by atoms with E-state index in [1.807, 2.05) is 6.07 Å². The largest absolute Gasteiger partial charge is 0.497 e. The molecule has 1 heterocycles. The van der Waals surface area contributed by atoms with E-state index in [9.17, 15) is 9.59 Å². The van der Waals surface area contributed by atoms with Gasteiger partial charge in [0.25, 0.3) is 5.56 Å². The van der Waals surface area contributed by atoms with Gasteiger partial charge in [-0.1, -0.05) is 51.3 Å². The fourth-order valence-corrected chi connectivity index (χ4v) is 5.69. The summed E-state index contributed by atoms with van der Waals surface area (Å²) in [6.45, 7) is 0. The van der Waals surface area contributed by atoms with Gasteiger partial charge in [-0.05, 0) is 82.7 Å². The van der Waals surface area contributed by atoms with E-state index in [2.05, 4.69) is 37.0 Å². The van der Waals surface area contributed by atoms with Crippen LogP contribution in [0.2, 0.25) is 10.0 Å². The zero-order valence-electron chi connectivity index (χ0n) is 20.6. The number of carbonyl (C=O) groups is 1. The van der Waals surface area contributed by atoms with Gasteiger partial charge in [0.05, 0.1) is 39.3 Å². The van der Waals surface area contributed by atoms with Crippen LogP contribution in [0.15, 0.2) is 97.7 Å². The minimum absolute atomic E-state index is 0.139. The van der Waals surface area contributed by atoms with Gasteiger partial charge in [-0.15, -0.1) is 0 Å². The molecule has 0 unspecified atom stereocenters. The maximum Gasteiger partial charge on any atom is 0.345 e. The molecule has 0 aliphatic heterocycles. The van der Waals surface area contributed by atoms with Crippen molar-refractivity contribution >= 4 is 78.1 Å². The summed E-state index contributed by atoms with van der Waals surface area (Å²) in [6, 6.07) is 22.1. The molecule has 0 N–H and O–H groups in total. The topological polar surface area (TPSA) is 82.8 Å². The van der Waals surface area contributed by atoms with E-state index >= 15 is 0 Å². The lowest BCUT2D eigenvalue weighted by Crippen LogP contribution is -2.20. The second-order valence-electron chi connectivity index (χ2n) is 8.36. The molecule has 0 bridgehead atoms. The third-order valence-electron chi connectivity index (χ3n) is 5.80. The lowest BCUT2D eigenvalue weighted by molar-refractivity contribution is 0.0733. The van der Waals surface area contributed by atoms with Crippen molar-refractivity contribution in [2.75, 3.05) is 7.11 Å². The fourth-order valence-electron chi connectivity index (χ4n) is 3.86. The fraction of sp³-hybridized carbons (Fsp3) is 0.0345. The number of methoxy groups -OCH3 is 1. The molecule has 7 nitrogen and oxygen atoms in total. The first-order valence-corrected chi connectivity index (χ1v) is 14.0. The van der Waals surface area contributed by atoms with Gasteiger partial charge < -0.3 is 9.47 Å². The molecular formula is C29H17Br2Cl2N3O4. The van der Waals surface area contributed by atoms with Gasteiger partial charge in [-0.25, -0.2) is 9.78 Å². The molecule has 0 aliphatic rings. The normalized spacial score (nSPS) is 11.2. The maximum absolute atomic E-state index is 13.6. The van der Waals surface area contributed by atoms with Crippen LogP contribution in [-0.2, 0) is 0 Å². The highest BCUT2D eigenvalue weighted by Crippen LogP contribution is 2.34. The number of benzene rings is 4. The number of hydrogen-bond acceptors (Lipinski definition) is 6. The van der Waals surface area contributed by atoms with Crippen LogP contribution in [0.5, 0.6) is 11.5 Å². The average molecular weight is 702 g/mol. The summed E-state index contributed by atoms with van der Waals surface area (Å²) in [5.41, 5.74) is 1.36. The Kier molecular flexibility index (Phi) is 8.37. The molecule has 0 spiro atoms. The third-order valence-corrected chi connectivity index (χ3v) is 7.39. The highest BCUT2D eigenvalue weighted by molar-refractivity contribution is 9.11. The van der Waals surface area contributed by atoms with E-state index in [0.717, 1.165) is 0 Å². The zero-order chi connectivity index (χ0) is 28.4. The van der Waals surface area contributed by atoms with E-state index in [1.165, 1.54) is 23.0 Å². The second-order valence-corrected chi connectivity index (χ2v) is 11.0. The summed E-state index contributed by atoms with van der Waals surface area (Å²) in [6.07, 6.45) is 1.42. The van der Waals surface area contributed by atoms with Gasteiger partial charge in [0.15, 0.2) is 11.6 Å². The molecule has 0 radical (unpaired) electrons. The summed E-state index contributed by atoms with van der Waals surface area (Å²) in [4.78, 5) is 31.3. The molecule has 1 aromatic heterocycles. The lowest BCUT2D eigenvalue weighted by atomic mass is 10.2. The Hall–Kier alpha value is -3.50. The molecule has 200 valence electrons. The quantitative estimate of drug-likeness (QED) is 0.102. The van der Waals surface area contributed by atoms with E-state index in [-0.39, 0.29) is 21.9 Å². The van der Waals surface area contributed by atoms with Crippen molar-refractivity contribution in [1.29, 1.82) is 0 Å². The monoisotopic (exact) mass is 699 g/mol. The van der Waals surface area contributed by atoms with Gasteiger partial charge in [-0.3, -0.25) is 4.79 Å². The minimum atomic E-state index is -0.692. The third kappa shape index (κ3) is 5.83. The molecule has 0 fully saturated rings. The van der Waals surface area contributed by atoms with Crippen LogP contribution in [-0.4, -0.2) is 29.0 Å². The predicted molar refractivity (Wildman–Crippen MR) is 164 cm³/mol. The van der Waals surface area contributed by atoms with Crippen molar-refractivity contribution in [2.24, 2.45) is 5.10 Å². The van der Waals surface area contributed by atoms with Gasteiger partial charge in [-0.2, -0.15) is 9.78 Å². The molecule has 0 atom stereocenters. The van der Waals surface area contributed by atoms with Gasteiger partial charge in [0.2, 0.25) is 0 Å². The van der Waals surface area contributed by atoms with Crippen molar-refractivity contribution in [3.63, 3.8) is 0 Å². The van der Waals surface area contributed by atoms with Crippen LogP contribution in [0.4, 0.5) is 0 Å². The average Bonchev–Trinajstić information content (AvgIpc) is 2.94. The lowest BCUT2D eigenvalue weighted by Gasteiger charge is -2.12. The summed E-state index contributed by atoms with van der Waals surface area (Å²) >= 11 is 19.1. The number of esters is 1. The SMILES string of the molecule is COc1ccc(-c2nc3ccccc3c(=O)n2N=Cc2cc(Br)cc(Br)c2OC(=O)c2ccc(Cl)cc2Cl)cc1. The number of hydrogen-bond donors (Lipinski definition) is 0. The molecule has 5 aromatic rings. The predicted octanol–water partition coefficient (Wildman–Crippen LogP) is 8.01. The highest BCUT2D eigenvalue weighted by atomic mass is 79.9. The van der Waals surface area contributed by atoms with Crippen molar-refractivity contribution in [3.8, 4) is 22.9 Å². The number of nitrogens with zero attached hydrogens (tertiary/aromatic N) is 3. The molecular weight excluding hydrogens is 685 g/mol. The number of ether oxygens (including phenoxy) is 2. The van der Waals surface area contributed by atoms with Crippen molar-refractivity contribution in [1.82, 2.24) is 9.66 Å². The Labute approximate surface area is 255 Å². The van der Waals surface area contributed by atoms with Crippen LogP contribution in [0.25, 0.3) is 22.3 Å². The van der Waals surface area contributed by atoms with E-state index in [0.29, 0.717) is 47.6 Å². The van der Waals surface area contributed by atoms with Crippen LogP contribution in [0.3, 0.4) is 0 Å². The molecule has 0 amide bonds. The summed E-state index contributed by atoms with van der Waals surface area (Å²) in [7, 11) is 1.57. The van der Waals surface area contributed by atoms with Crippen LogP contribution in [0, 0.1) is 0 Å². The first-order valence-electron chi connectivity index (χ1n) is 11.6. The Morgan fingerprint density at radius 1 is 1.00 bits per heavy atom. The van der Waals surface area contributed by atoms with Crippen LogP contribution >= 0.6 is 55.1 Å². The van der Waals surface area contributed by atoms with Gasteiger partial charge in [0, 0.05) is 20.6 Å². The molecule has 0 saturated carbocycles. The van der Waals surface area contributed by atoms with E-state index in [1.54, 1.807) is 67.8 Å². The van der Waals surface area contributed by atoms with Crippen LogP contribution < -0.4 is 15.0 Å². The number of fused-ring (bicyclic) bond motifs is 1. The van der Waals surface area contributed by atoms with E-state index in [4.69, 9.17) is 37.7 Å². The standard InChI is InChI=1S/C29H17Br2Cl2N3O4/c1-39-20-9-6-16(7-10-20)27-35-25-5-3-2-4-22(25)28(37)36(27)34-15-17-12-18(30)13-23(31)26(17)40-29(38)21-11-8-19(32)14-24(21)33/h2-15H,1H3. The minimum Gasteiger partial charge on any atom is -0.497 e. The van der Waals surface area contributed by atoms with Gasteiger partial charge in [0.1, 0.15) is 5.75 Å². The van der Waals surface area contributed by atoms with Crippen molar-refractivity contribution in [2.45, 2.75) is 0 Å². The van der Waals surface area contributed by atoms with Crippen molar-refractivity contribution in [3.05, 3.63) is 119 Å². The van der Waals surface area contributed by atoms with Crippen molar-refractivity contribution < 1.29 is 14.3 Å². The summed E-state index contributed by atoms with van der Waals surface area (Å²) in [5.74, 6) is 0.467. The molecule has 4 aromatic carbocycles. The molecule has 0 saturated heterocycles. The second kappa shape index (κ2) is 11.9. The maximum atomic E-state index is 13.6. The summed E-state index contributed by atoms with van der Waals surface area (Å²) in [5, 5.41) is 5.45. The smallest absolute Gasteiger partial charge is 0.345 e. The Balaban J connectivity index is 1.62. The summed E-state index contributed by atoms with van der Waals surface area (Å²) < 4.78 is 13.4. The van der Waals surface area contributed by atoms with E-state index < -0.39 is 5.97 Å².